The van der Waals surface area contributed by atoms with E-state index < -0.39 is 0 Å². The Morgan fingerprint density at radius 2 is 2.33 bits per heavy atom. The maximum Gasteiger partial charge on any atom is 0.279 e. The number of nitrogens with two attached hydrogens (primary N) is 1. The molecule has 1 heterocycles. The van der Waals surface area contributed by atoms with Crippen molar-refractivity contribution in [1.82, 2.24) is 4.98 Å². The van der Waals surface area contributed by atoms with Crippen LogP contribution in [-0.2, 0) is 0 Å². The molecular formula is C10H7N3OS. The Hall–Kier alpha value is -2.06. The molecule has 2 aromatic rings. The lowest BCUT2D eigenvalue weighted by Crippen LogP contribution is -1.86. The second kappa shape index (κ2) is 3.98. The molecule has 5 heteroatoms. The molecule has 74 valence electrons. The van der Waals surface area contributed by atoms with Gasteiger partial charge in [-0.3, -0.25) is 0 Å². The summed E-state index contributed by atoms with van der Waals surface area (Å²) in [5.41, 5.74) is 6.22. The third-order valence-corrected chi connectivity index (χ3v) is 2.44. The van der Waals surface area contributed by atoms with Crippen molar-refractivity contribution >= 4 is 17.0 Å². The second-order valence-corrected chi connectivity index (χ2v) is 3.77. The van der Waals surface area contributed by atoms with Crippen LogP contribution in [0.1, 0.15) is 4.88 Å². The lowest BCUT2D eigenvalue weighted by molar-refractivity contribution is 0.479. The monoisotopic (exact) mass is 217 g/mol. The minimum atomic E-state index is 0.442. The highest BCUT2D eigenvalue weighted by molar-refractivity contribution is 7.13. The number of anilines is 1. The molecule has 4 nitrogen and oxygen atoms in total. The Kier molecular flexibility index (Phi) is 2.52. The smallest absolute Gasteiger partial charge is 0.279 e. The number of rotatable bonds is 2. The number of hydrogen-bond acceptors (Lipinski definition) is 5. The molecule has 0 unspecified atom stereocenters. The largest absolute Gasteiger partial charge is 0.431 e. The van der Waals surface area contributed by atoms with Gasteiger partial charge in [0.25, 0.3) is 5.19 Å². The molecule has 0 radical (unpaired) electrons. The van der Waals surface area contributed by atoms with E-state index in [0.717, 1.165) is 0 Å². The summed E-state index contributed by atoms with van der Waals surface area (Å²) in [7, 11) is 0. The van der Waals surface area contributed by atoms with Crippen molar-refractivity contribution in [3.8, 4) is 17.0 Å². The van der Waals surface area contributed by atoms with Gasteiger partial charge in [0.05, 0.1) is 6.20 Å². The van der Waals surface area contributed by atoms with Crippen molar-refractivity contribution in [3.05, 3.63) is 35.3 Å². The summed E-state index contributed by atoms with van der Waals surface area (Å²) in [6, 6.07) is 9.05. The van der Waals surface area contributed by atoms with Crippen LogP contribution in [0.2, 0.25) is 0 Å². The van der Waals surface area contributed by atoms with Gasteiger partial charge >= 0.3 is 0 Å². The molecule has 2 rings (SSSR count). The van der Waals surface area contributed by atoms with E-state index in [9.17, 15) is 0 Å². The fourth-order valence-electron chi connectivity index (χ4n) is 1.04. The molecule has 1 aromatic carbocycles. The van der Waals surface area contributed by atoms with Crippen molar-refractivity contribution < 1.29 is 4.74 Å². The lowest BCUT2D eigenvalue weighted by Gasteiger charge is -2.01. The van der Waals surface area contributed by atoms with E-state index in [1.54, 1.807) is 24.3 Å². The molecule has 1 aromatic heterocycles. The molecule has 0 saturated carbocycles. The van der Waals surface area contributed by atoms with Crippen LogP contribution in [-0.4, -0.2) is 4.98 Å². The van der Waals surface area contributed by atoms with Gasteiger partial charge in [-0.2, -0.15) is 5.26 Å². The van der Waals surface area contributed by atoms with Gasteiger partial charge in [0.15, 0.2) is 0 Å². The van der Waals surface area contributed by atoms with Crippen LogP contribution >= 0.6 is 11.3 Å². The Bertz CT molecular complexity index is 515. The molecule has 0 bridgehead atoms. The SMILES string of the molecule is N#Cc1cnc(Oc2cccc(N)c2)s1. The normalized spacial score (nSPS) is 9.53. The van der Waals surface area contributed by atoms with Gasteiger partial charge in [-0.25, -0.2) is 4.98 Å². The molecule has 15 heavy (non-hydrogen) atoms. The zero-order valence-electron chi connectivity index (χ0n) is 7.68. The highest BCUT2D eigenvalue weighted by atomic mass is 32.1. The van der Waals surface area contributed by atoms with Crippen LogP contribution in [0, 0.1) is 11.3 Å². The molecule has 0 aliphatic heterocycles. The topological polar surface area (TPSA) is 71.9 Å². The summed E-state index contributed by atoms with van der Waals surface area (Å²) in [6.07, 6.45) is 1.48. The number of nitriles is 1. The Morgan fingerprint density at radius 3 is 3.00 bits per heavy atom. The summed E-state index contributed by atoms with van der Waals surface area (Å²) in [5, 5.41) is 9.05. The predicted octanol–water partition coefficient (Wildman–Crippen LogP) is 2.39. The van der Waals surface area contributed by atoms with Gasteiger partial charge in [0.1, 0.15) is 16.7 Å². The Morgan fingerprint density at radius 1 is 1.47 bits per heavy atom. The minimum Gasteiger partial charge on any atom is -0.431 e. The second-order valence-electron chi connectivity index (χ2n) is 2.78. The average molecular weight is 217 g/mol. The predicted molar refractivity (Wildman–Crippen MR) is 57.8 cm³/mol. The zero-order valence-corrected chi connectivity index (χ0v) is 8.49. The maximum atomic E-state index is 8.61. The molecule has 0 aliphatic rings. The summed E-state index contributed by atoms with van der Waals surface area (Å²) < 4.78 is 5.42. The van der Waals surface area contributed by atoms with Crippen LogP contribution in [0.25, 0.3) is 0 Å². The van der Waals surface area contributed by atoms with E-state index in [1.165, 1.54) is 17.5 Å². The first-order valence-corrected chi connectivity index (χ1v) is 4.99. The van der Waals surface area contributed by atoms with E-state index in [2.05, 4.69) is 4.98 Å². The number of aromatic nitrogens is 1. The maximum absolute atomic E-state index is 8.61. The van der Waals surface area contributed by atoms with Crippen molar-refractivity contribution in [2.24, 2.45) is 0 Å². The van der Waals surface area contributed by atoms with Crippen LogP contribution in [0.15, 0.2) is 30.5 Å². The summed E-state index contributed by atoms with van der Waals surface area (Å²) in [6.45, 7) is 0. The Labute approximate surface area is 90.6 Å². The van der Waals surface area contributed by atoms with Gasteiger partial charge < -0.3 is 10.5 Å². The highest BCUT2D eigenvalue weighted by Gasteiger charge is 2.03. The third kappa shape index (κ3) is 2.24. The first-order chi connectivity index (χ1) is 7.28. The van der Waals surface area contributed by atoms with E-state index >= 15 is 0 Å². The molecule has 2 N–H and O–H groups in total. The van der Waals surface area contributed by atoms with E-state index in [0.29, 0.717) is 21.5 Å². The molecular weight excluding hydrogens is 210 g/mol. The number of thiazole rings is 1. The molecule has 0 aliphatic carbocycles. The summed E-state index contributed by atoms with van der Waals surface area (Å²) in [4.78, 5) is 4.47. The standard InChI is InChI=1S/C10H7N3OS/c11-5-9-6-13-10(15-9)14-8-3-1-2-7(12)4-8/h1-4,6H,12H2. The quantitative estimate of drug-likeness (QED) is 0.784. The number of benzene rings is 1. The lowest BCUT2D eigenvalue weighted by atomic mass is 10.3. The van der Waals surface area contributed by atoms with Gasteiger partial charge in [-0.15, -0.1) is 0 Å². The first kappa shape index (κ1) is 9.49. The van der Waals surface area contributed by atoms with Crippen LogP contribution in [0.3, 0.4) is 0 Å². The van der Waals surface area contributed by atoms with Crippen molar-refractivity contribution in [2.75, 3.05) is 5.73 Å². The minimum absolute atomic E-state index is 0.442. The number of nitrogen functional groups attached to an aromatic ring is 1. The van der Waals surface area contributed by atoms with Gasteiger partial charge in [0, 0.05) is 11.8 Å². The number of nitrogens with zero attached hydrogens (tertiary/aromatic N) is 2. The highest BCUT2D eigenvalue weighted by Crippen LogP contribution is 2.26. The van der Waals surface area contributed by atoms with Crippen molar-refractivity contribution in [1.29, 1.82) is 5.26 Å². The van der Waals surface area contributed by atoms with Crippen molar-refractivity contribution in [2.45, 2.75) is 0 Å². The zero-order chi connectivity index (χ0) is 10.7. The van der Waals surface area contributed by atoms with Gasteiger partial charge in [0.2, 0.25) is 0 Å². The fourth-order valence-corrected chi connectivity index (χ4v) is 1.62. The van der Waals surface area contributed by atoms with Crippen LogP contribution < -0.4 is 10.5 Å². The molecule has 0 amide bonds. The Balaban J connectivity index is 2.19. The van der Waals surface area contributed by atoms with E-state index in [-0.39, 0.29) is 0 Å². The van der Waals surface area contributed by atoms with E-state index in [1.807, 2.05) is 6.07 Å². The molecule has 0 fully saturated rings. The summed E-state index contributed by atoms with van der Waals surface area (Å²) >= 11 is 1.20. The van der Waals surface area contributed by atoms with Crippen LogP contribution in [0.4, 0.5) is 5.69 Å². The average Bonchev–Trinajstić information content (AvgIpc) is 2.65. The van der Waals surface area contributed by atoms with Crippen molar-refractivity contribution in [3.63, 3.8) is 0 Å². The third-order valence-electron chi connectivity index (χ3n) is 1.66. The number of ether oxygens (including phenoxy) is 1. The fraction of sp³-hybridized carbons (Fsp3) is 0. The molecule has 0 saturated heterocycles. The number of hydrogen-bond donors (Lipinski definition) is 1. The van der Waals surface area contributed by atoms with Gasteiger partial charge in [-0.1, -0.05) is 17.4 Å². The van der Waals surface area contributed by atoms with Crippen LogP contribution in [0.5, 0.6) is 10.9 Å². The summed E-state index contributed by atoms with van der Waals surface area (Å²) in [5.74, 6) is 0.619. The molecule has 0 atom stereocenters. The molecule has 0 spiro atoms. The first-order valence-electron chi connectivity index (χ1n) is 4.17. The van der Waals surface area contributed by atoms with Gasteiger partial charge in [-0.05, 0) is 12.1 Å². The van der Waals surface area contributed by atoms with E-state index in [4.69, 9.17) is 15.7 Å².